The zero-order valence-electron chi connectivity index (χ0n) is 12.5. The Hall–Kier alpha value is -2.79. The Bertz CT molecular complexity index is 867. The minimum Gasteiger partial charge on any atom is -0.507 e. The molecule has 1 N–H and O–H groups in total. The van der Waals surface area contributed by atoms with E-state index in [1.165, 1.54) is 0 Å². The molecule has 0 spiro atoms. The molecule has 24 heavy (non-hydrogen) atoms. The SMILES string of the molecule is [B]c1cc(CN(c2ccc(C#N)cc2)n2cnnc2)cc(Br)c1O. The lowest BCUT2D eigenvalue weighted by Gasteiger charge is -2.25. The van der Waals surface area contributed by atoms with Gasteiger partial charge in [-0.05, 0) is 51.8 Å². The van der Waals surface area contributed by atoms with E-state index in [1.54, 1.807) is 41.6 Å². The minimum atomic E-state index is 0.0213. The van der Waals surface area contributed by atoms with Crippen LogP contribution in [0.25, 0.3) is 0 Å². The molecule has 2 radical (unpaired) electrons. The highest BCUT2D eigenvalue weighted by atomic mass is 79.9. The molecule has 2 aromatic carbocycles. The topological polar surface area (TPSA) is 78.0 Å². The number of hydrogen-bond acceptors (Lipinski definition) is 5. The Morgan fingerprint density at radius 2 is 1.88 bits per heavy atom. The molecule has 0 aliphatic heterocycles. The summed E-state index contributed by atoms with van der Waals surface area (Å²) in [4.78, 5) is 0. The lowest BCUT2D eigenvalue weighted by Crippen LogP contribution is -2.28. The second-order valence-electron chi connectivity index (χ2n) is 5.07. The summed E-state index contributed by atoms with van der Waals surface area (Å²) in [5.41, 5.74) is 2.62. The number of benzene rings is 2. The third kappa shape index (κ3) is 3.26. The maximum Gasteiger partial charge on any atom is 0.139 e. The first-order chi connectivity index (χ1) is 11.6. The lowest BCUT2D eigenvalue weighted by molar-refractivity contribution is 0.476. The van der Waals surface area contributed by atoms with E-state index in [1.807, 2.05) is 17.1 Å². The summed E-state index contributed by atoms with van der Waals surface area (Å²) in [6.07, 6.45) is 3.16. The van der Waals surface area contributed by atoms with Gasteiger partial charge in [-0.1, -0.05) is 11.5 Å². The molecule has 0 amide bonds. The fourth-order valence-electron chi connectivity index (χ4n) is 2.28. The van der Waals surface area contributed by atoms with Crippen LogP contribution >= 0.6 is 15.9 Å². The third-order valence-corrected chi connectivity index (χ3v) is 4.07. The van der Waals surface area contributed by atoms with Gasteiger partial charge in [0.05, 0.1) is 28.3 Å². The van der Waals surface area contributed by atoms with Crippen molar-refractivity contribution in [3.63, 3.8) is 0 Å². The summed E-state index contributed by atoms with van der Waals surface area (Å²) in [7, 11) is 5.83. The fourth-order valence-corrected chi connectivity index (χ4v) is 2.80. The van der Waals surface area contributed by atoms with Crippen molar-refractivity contribution >= 4 is 34.9 Å². The van der Waals surface area contributed by atoms with Crippen molar-refractivity contribution in [2.45, 2.75) is 6.54 Å². The Kier molecular flexibility index (Phi) is 4.53. The van der Waals surface area contributed by atoms with E-state index >= 15 is 0 Å². The summed E-state index contributed by atoms with van der Waals surface area (Å²) in [6, 6.07) is 12.8. The first kappa shape index (κ1) is 16.1. The molecule has 0 bridgehead atoms. The number of phenolic OH excluding ortho intramolecular Hbond substituents is 1. The molecule has 3 aromatic rings. The van der Waals surface area contributed by atoms with Crippen LogP contribution in [0.3, 0.4) is 0 Å². The van der Waals surface area contributed by atoms with Gasteiger partial charge in [-0.15, -0.1) is 10.2 Å². The lowest BCUT2D eigenvalue weighted by atomic mass is 9.93. The maximum absolute atomic E-state index is 9.78. The second-order valence-corrected chi connectivity index (χ2v) is 5.93. The van der Waals surface area contributed by atoms with Crippen molar-refractivity contribution in [3.05, 3.63) is 64.7 Å². The number of rotatable bonds is 4. The van der Waals surface area contributed by atoms with Gasteiger partial charge in [-0.25, -0.2) is 4.68 Å². The predicted molar refractivity (Wildman–Crippen MR) is 94.0 cm³/mol. The van der Waals surface area contributed by atoms with E-state index in [0.717, 1.165) is 11.3 Å². The zero-order valence-corrected chi connectivity index (χ0v) is 14.1. The molecule has 0 unspecified atom stereocenters. The zero-order chi connectivity index (χ0) is 17.1. The van der Waals surface area contributed by atoms with E-state index in [0.29, 0.717) is 22.0 Å². The van der Waals surface area contributed by atoms with Crippen molar-refractivity contribution in [2.75, 3.05) is 5.01 Å². The predicted octanol–water partition coefficient (Wildman–Crippen LogP) is 1.88. The molecule has 116 valence electrons. The number of nitriles is 1. The first-order valence-corrected chi connectivity index (χ1v) is 7.77. The Morgan fingerprint density at radius 1 is 1.21 bits per heavy atom. The van der Waals surface area contributed by atoms with Crippen LogP contribution in [-0.4, -0.2) is 27.8 Å². The third-order valence-electron chi connectivity index (χ3n) is 3.46. The molecule has 0 saturated carbocycles. The normalized spacial score (nSPS) is 10.3. The van der Waals surface area contributed by atoms with Crippen molar-refractivity contribution in [1.29, 1.82) is 5.26 Å². The summed E-state index contributed by atoms with van der Waals surface area (Å²) in [6.45, 7) is 0.465. The molecular weight excluding hydrogens is 369 g/mol. The van der Waals surface area contributed by atoms with Crippen LogP contribution in [-0.2, 0) is 6.54 Å². The number of halogens is 1. The second kappa shape index (κ2) is 6.77. The van der Waals surface area contributed by atoms with Crippen LogP contribution in [0.4, 0.5) is 5.69 Å². The highest BCUT2D eigenvalue weighted by molar-refractivity contribution is 9.10. The van der Waals surface area contributed by atoms with Crippen LogP contribution in [0, 0.1) is 11.3 Å². The van der Waals surface area contributed by atoms with Crippen LogP contribution in [0.5, 0.6) is 5.75 Å². The molecule has 1 aromatic heterocycles. The average molecular weight is 380 g/mol. The minimum absolute atomic E-state index is 0.0213. The quantitative estimate of drug-likeness (QED) is 0.700. The molecular formula is C16H11BBrN5O. The van der Waals surface area contributed by atoms with Gasteiger partial charge >= 0.3 is 0 Å². The average Bonchev–Trinajstić information content (AvgIpc) is 3.12. The number of phenols is 1. The molecule has 0 aliphatic carbocycles. The van der Waals surface area contributed by atoms with Gasteiger partial charge in [0.1, 0.15) is 26.3 Å². The molecule has 0 fully saturated rings. The smallest absolute Gasteiger partial charge is 0.139 e. The molecule has 1 heterocycles. The molecule has 0 aliphatic rings. The Balaban J connectivity index is 1.98. The van der Waals surface area contributed by atoms with Gasteiger partial charge in [0, 0.05) is 0 Å². The van der Waals surface area contributed by atoms with Crippen molar-refractivity contribution < 1.29 is 5.11 Å². The molecule has 0 saturated heterocycles. The summed E-state index contributed by atoms with van der Waals surface area (Å²) < 4.78 is 2.26. The van der Waals surface area contributed by atoms with Gasteiger partial charge < -0.3 is 5.11 Å². The van der Waals surface area contributed by atoms with Crippen LogP contribution in [0.1, 0.15) is 11.1 Å². The number of hydrogen-bond donors (Lipinski definition) is 1. The number of aromatic hydroxyl groups is 1. The van der Waals surface area contributed by atoms with Gasteiger partial charge in [0.2, 0.25) is 0 Å². The van der Waals surface area contributed by atoms with Crippen molar-refractivity contribution in [1.82, 2.24) is 14.9 Å². The van der Waals surface area contributed by atoms with Crippen LogP contribution in [0.15, 0.2) is 53.5 Å². The number of nitrogens with zero attached hydrogens (tertiary/aromatic N) is 5. The monoisotopic (exact) mass is 379 g/mol. The summed E-state index contributed by atoms with van der Waals surface area (Å²) in [5.74, 6) is 0.0213. The van der Waals surface area contributed by atoms with E-state index in [-0.39, 0.29) is 5.75 Å². The van der Waals surface area contributed by atoms with Gasteiger partial charge in [-0.2, -0.15) is 5.26 Å². The maximum atomic E-state index is 9.78. The van der Waals surface area contributed by atoms with E-state index in [2.05, 4.69) is 32.2 Å². The Labute approximate surface area is 148 Å². The highest BCUT2D eigenvalue weighted by Gasteiger charge is 2.12. The number of aromatic nitrogens is 3. The molecule has 3 rings (SSSR count). The largest absolute Gasteiger partial charge is 0.507 e. The van der Waals surface area contributed by atoms with Crippen LogP contribution in [0.2, 0.25) is 0 Å². The first-order valence-electron chi connectivity index (χ1n) is 6.98. The van der Waals surface area contributed by atoms with Gasteiger partial charge in [0.15, 0.2) is 0 Å². The fraction of sp³-hybridized carbons (Fsp3) is 0.0625. The van der Waals surface area contributed by atoms with Gasteiger partial charge in [-0.3, -0.25) is 5.01 Å². The molecule has 6 nitrogen and oxygen atoms in total. The molecule has 8 heteroatoms. The summed E-state index contributed by atoms with van der Waals surface area (Å²) in [5, 5.41) is 28.3. The van der Waals surface area contributed by atoms with E-state index in [9.17, 15) is 5.11 Å². The van der Waals surface area contributed by atoms with Gasteiger partial charge in [0.25, 0.3) is 0 Å². The summed E-state index contributed by atoms with van der Waals surface area (Å²) >= 11 is 3.29. The van der Waals surface area contributed by atoms with Crippen LogP contribution < -0.4 is 10.5 Å². The Morgan fingerprint density at radius 3 is 2.46 bits per heavy atom. The molecule has 0 atom stereocenters. The van der Waals surface area contributed by atoms with Crippen molar-refractivity contribution in [3.8, 4) is 11.8 Å². The van der Waals surface area contributed by atoms with E-state index < -0.39 is 0 Å². The number of anilines is 1. The van der Waals surface area contributed by atoms with Crippen molar-refractivity contribution in [2.24, 2.45) is 0 Å². The standard InChI is InChI=1S/C16H11BBrN5O/c17-14-5-12(6-15(18)16(14)24)8-23(22-9-20-21-10-22)13-3-1-11(7-19)2-4-13/h1-6,9-10,24H,8H2. The van der Waals surface area contributed by atoms with E-state index in [4.69, 9.17) is 13.1 Å². The highest BCUT2D eigenvalue weighted by Crippen LogP contribution is 2.24.